The van der Waals surface area contributed by atoms with Gasteiger partial charge in [-0.05, 0) is 48.5 Å². The molecule has 13 heteroatoms. The van der Waals surface area contributed by atoms with Crippen LogP contribution in [0.4, 0.5) is 5.69 Å². The molecule has 0 spiro atoms. The molecule has 1 amide bonds. The van der Waals surface area contributed by atoms with Crippen molar-refractivity contribution in [2.24, 2.45) is 0 Å². The molecule has 3 aromatic carbocycles. The molecule has 2 aliphatic rings. The summed E-state index contributed by atoms with van der Waals surface area (Å²) in [6.07, 6.45) is 0. The maximum absolute atomic E-state index is 13.1. The largest absolute Gasteiger partial charge is 0.452 e. The number of hydrogen-bond donors (Lipinski definition) is 1. The highest BCUT2D eigenvalue weighted by atomic mass is 32.2. The van der Waals surface area contributed by atoms with E-state index in [-0.39, 0.29) is 50.2 Å². The number of benzene rings is 3. The van der Waals surface area contributed by atoms with Crippen LogP contribution in [0.15, 0.2) is 81.4 Å². The van der Waals surface area contributed by atoms with E-state index >= 15 is 0 Å². The fourth-order valence-corrected chi connectivity index (χ4v) is 7.42. The molecule has 5 rings (SSSR count). The van der Waals surface area contributed by atoms with Gasteiger partial charge < -0.3 is 14.8 Å². The molecule has 2 aliphatic heterocycles. The molecule has 0 aliphatic carbocycles. The van der Waals surface area contributed by atoms with Crippen LogP contribution in [0.5, 0.6) is 0 Å². The molecule has 2 heterocycles. The van der Waals surface area contributed by atoms with Crippen LogP contribution < -0.4 is 5.32 Å². The van der Waals surface area contributed by atoms with Crippen LogP contribution in [-0.2, 0) is 34.1 Å². The van der Waals surface area contributed by atoms with Crippen molar-refractivity contribution in [1.29, 1.82) is 0 Å². The molecule has 0 aromatic heterocycles. The number of esters is 1. The normalized spacial score (nSPS) is 16.6. The second-order valence-corrected chi connectivity index (χ2v) is 12.5. The average molecular weight is 571 g/mol. The molecule has 1 N–H and O–H groups in total. The summed E-state index contributed by atoms with van der Waals surface area (Å²) in [7, 11) is -7.83. The van der Waals surface area contributed by atoms with Crippen molar-refractivity contribution in [3.05, 3.63) is 83.4 Å². The lowest BCUT2D eigenvalue weighted by Gasteiger charge is -2.26. The summed E-state index contributed by atoms with van der Waals surface area (Å²) in [4.78, 5) is 37.3. The highest BCUT2D eigenvalue weighted by Crippen LogP contribution is 2.34. The quantitative estimate of drug-likeness (QED) is 0.342. The number of fused-ring (bicyclic) bond motifs is 2. The van der Waals surface area contributed by atoms with Gasteiger partial charge in [0.2, 0.25) is 19.9 Å². The molecule has 0 bridgehead atoms. The summed E-state index contributed by atoms with van der Waals surface area (Å²) in [6, 6.07) is 15.0. The Bertz CT molecular complexity index is 1710. The van der Waals surface area contributed by atoms with E-state index in [1.165, 1.54) is 58.9 Å². The van der Waals surface area contributed by atoms with E-state index in [4.69, 9.17) is 9.47 Å². The molecule has 0 atom stereocenters. The zero-order valence-electron chi connectivity index (χ0n) is 20.3. The molecule has 0 unspecified atom stereocenters. The Morgan fingerprint density at radius 3 is 2.41 bits per heavy atom. The molecule has 0 radical (unpaired) electrons. The van der Waals surface area contributed by atoms with E-state index in [9.17, 15) is 31.2 Å². The maximum atomic E-state index is 13.1. The number of carbonyl (C=O) groups excluding carboxylic acids is 3. The Morgan fingerprint density at radius 2 is 1.64 bits per heavy atom. The van der Waals surface area contributed by atoms with Crippen molar-refractivity contribution in [2.75, 3.05) is 38.2 Å². The summed E-state index contributed by atoms with van der Waals surface area (Å²) in [5.41, 5.74) is 0.0204. The van der Waals surface area contributed by atoms with E-state index in [0.717, 1.165) is 6.07 Å². The number of carbonyl (C=O) groups is 3. The molecular weight excluding hydrogens is 548 g/mol. The number of sulfonamides is 1. The fraction of sp³-hybridized carbons (Fsp3) is 0.192. The third-order valence-corrected chi connectivity index (χ3v) is 9.98. The van der Waals surface area contributed by atoms with E-state index in [2.05, 4.69) is 5.32 Å². The molecule has 202 valence electrons. The lowest BCUT2D eigenvalue weighted by Crippen LogP contribution is -2.40. The Hall–Kier alpha value is -3.91. The van der Waals surface area contributed by atoms with Gasteiger partial charge in [0.25, 0.3) is 5.91 Å². The smallest absolute Gasteiger partial charge is 0.338 e. The van der Waals surface area contributed by atoms with Gasteiger partial charge >= 0.3 is 5.97 Å². The highest BCUT2D eigenvalue weighted by molar-refractivity contribution is 7.91. The molecule has 1 fully saturated rings. The van der Waals surface area contributed by atoms with E-state index in [1.54, 1.807) is 6.07 Å². The Morgan fingerprint density at radius 1 is 0.923 bits per heavy atom. The first kappa shape index (κ1) is 26.7. The third-order valence-electron chi connectivity index (χ3n) is 6.23. The van der Waals surface area contributed by atoms with E-state index < -0.39 is 44.1 Å². The minimum atomic E-state index is -4.05. The van der Waals surface area contributed by atoms with Crippen molar-refractivity contribution in [3.63, 3.8) is 0 Å². The monoisotopic (exact) mass is 570 g/mol. The van der Waals surface area contributed by atoms with Gasteiger partial charge in [-0.15, -0.1) is 0 Å². The number of hydrogen-bond acceptors (Lipinski definition) is 9. The van der Waals surface area contributed by atoms with E-state index in [0.29, 0.717) is 13.2 Å². The number of anilines is 1. The standard InChI is InChI=1S/C26H22N2O9S2/c29-24(27-18-4-3-5-19(15-18)39(34,35)28-10-12-36-13-11-28)16-37-26(31)17-8-9-21-23(14-17)38(32,33)22-7-2-1-6-20(22)25(21)30/h1-9,14-15H,10-13,16H2,(H,27,29). The summed E-state index contributed by atoms with van der Waals surface area (Å²) in [6.45, 7) is 0.311. The lowest BCUT2D eigenvalue weighted by atomic mass is 10.0. The van der Waals surface area contributed by atoms with Crippen LogP contribution >= 0.6 is 0 Å². The predicted molar refractivity (Wildman–Crippen MR) is 137 cm³/mol. The number of morpholine rings is 1. The Kier molecular flexibility index (Phi) is 7.07. The van der Waals surface area contributed by atoms with Gasteiger partial charge in [0.15, 0.2) is 12.4 Å². The van der Waals surface area contributed by atoms with Gasteiger partial charge in [-0.2, -0.15) is 4.31 Å². The van der Waals surface area contributed by atoms with Crippen molar-refractivity contribution < 1.29 is 40.7 Å². The average Bonchev–Trinajstić information content (AvgIpc) is 2.95. The lowest BCUT2D eigenvalue weighted by molar-refractivity contribution is -0.119. The summed E-state index contributed by atoms with van der Waals surface area (Å²) >= 11 is 0. The number of ether oxygens (including phenoxy) is 2. The molecule has 11 nitrogen and oxygen atoms in total. The van der Waals surface area contributed by atoms with Gasteiger partial charge in [-0.3, -0.25) is 9.59 Å². The van der Waals surface area contributed by atoms with Crippen LogP contribution in [0, 0.1) is 0 Å². The van der Waals surface area contributed by atoms with Gasteiger partial charge in [-0.1, -0.05) is 18.2 Å². The number of sulfone groups is 1. The summed E-state index contributed by atoms with van der Waals surface area (Å²) in [5.74, 6) is -2.19. The van der Waals surface area contributed by atoms with Crippen LogP contribution in [0.2, 0.25) is 0 Å². The van der Waals surface area contributed by atoms with Crippen molar-refractivity contribution in [1.82, 2.24) is 4.31 Å². The van der Waals surface area contributed by atoms with Crippen LogP contribution in [-0.4, -0.2) is 71.7 Å². The zero-order chi connectivity index (χ0) is 27.8. The SMILES string of the molecule is O=C(COC(=O)c1ccc2c(c1)S(=O)(=O)c1ccccc1C2=O)Nc1cccc(S(=O)(=O)N2CCOCC2)c1. The Balaban J connectivity index is 1.26. The Labute approximate surface area is 224 Å². The zero-order valence-corrected chi connectivity index (χ0v) is 22.0. The number of nitrogens with zero attached hydrogens (tertiary/aromatic N) is 1. The third kappa shape index (κ3) is 5.08. The van der Waals surface area contributed by atoms with Gasteiger partial charge in [0.1, 0.15) is 0 Å². The van der Waals surface area contributed by atoms with Crippen molar-refractivity contribution >= 4 is 43.2 Å². The summed E-state index contributed by atoms with van der Waals surface area (Å²) in [5, 5.41) is 2.48. The predicted octanol–water partition coefficient (Wildman–Crippen LogP) is 1.88. The summed E-state index contributed by atoms with van der Waals surface area (Å²) < 4.78 is 63.4. The topological polar surface area (TPSA) is 153 Å². The van der Waals surface area contributed by atoms with Crippen LogP contribution in [0.1, 0.15) is 26.3 Å². The first-order valence-corrected chi connectivity index (χ1v) is 14.7. The highest BCUT2D eigenvalue weighted by Gasteiger charge is 2.35. The molecule has 0 saturated carbocycles. The minimum absolute atomic E-state index is 0.00872. The number of amides is 1. The van der Waals surface area contributed by atoms with Gasteiger partial charge in [0.05, 0.1) is 33.5 Å². The second-order valence-electron chi connectivity index (χ2n) is 8.71. The molecule has 39 heavy (non-hydrogen) atoms. The van der Waals surface area contributed by atoms with Crippen molar-refractivity contribution in [3.8, 4) is 0 Å². The van der Waals surface area contributed by atoms with Crippen LogP contribution in [0.3, 0.4) is 0 Å². The maximum Gasteiger partial charge on any atom is 0.338 e. The van der Waals surface area contributed by atoms with Gasteiger partial charge in [0, 0.05) is 29.9 Å². The van der Waals surface area contributed by atoms with Crippen LogP contribution in [0.25, 0.3) is 0 Å². The second kappa shape index (κ2) is 10.3. The first-order valence-electron chi connectivity index (χ1n) is 11.8. The van der Waals surface area contributed by atoms with E-state index in [1.807, 2.05) is 0 Å². The minimum Gasteiger partial charge on any atom is -0.452 e. The molecule has 3 aromatic rings. The van der Waals surface area contributed by atoms with Crippen molar-refractivity contribution in [2.45, 2.75) is 14.7 Å². The fourth-order valence-electron chi connectivity index (χ4n) is 4.29. The number of ketones is 1. The molecular formula is C26H22N2O9S2. The number of rotatable bonds is 6. The molecule has 1 saturated heterocycles. The number of nitrogens with one attached hydrogen (secondary N) is 1. The first-order chi connectivity index (χ1) is 18.6. The van der Waals surface area contributed by atoms with Gasteiger partial charge in [-0.25, -0.2) is 21.6 Å².